The maximum absolute atomic E-state index is 5.16. The highest BCUT2D eigenvalue weighted by atomic mass is 127. The molecule has 2 aromatic rings. The van der Waals surface area contributed by atoms with E-state index in [9.17, 15) is 0 Å². The number of aromatic nitrogens is 3. The molecule has 25 heavy (non-hydrogen) atoms. The Morgan fingerprint density at radius 3 is 2.64 bits per heavy atom. The van der Waals surface area contributed by atoms with Crippen LogP contribution in [-0.4, -0.2) is 41.3 Å². The lowest BCUT2D eigenvalue weighted by Gasteiger charge is -2.16. The molecule has 0 aliphatic heterocycles. The second kappa shape index (κ2) is 9.59. The minimum Gasteiger partial charge on any atom is -0.497 e. The van der Waals surface area contributed by atoms with Crippen molar-refractivity contribution >= 4 is 29.9 Å². The Kier molecular flexibility index (Phi) is 7.48. The average Bonchev–Trinajstić information content (AvgIpc) is 3.30. The Labute approximate surface area is 165 Å². The topological polar surface area (TPSA) is 87.2 Å². The van der Waals surface area contributed by atoms with Crippen LogP contribution >= 0.6 is 24.0 Å². The van der Waals surface area contributed by atoms with Gasteiger partial charge >= 0.3 is 0 Å². The average molecular weight is 456 g/mol. The number of aromatic amines is 1. The molecule has 136 valence electrons. The molecule has 1 saturated carbocycles. The molecule has 8 heteroatoms. The first-order valence-electron chi connectivity index (χ1n) is 8.31. The predicted octanol–water partition coefficient (Wildman–Crippen LogP) is 2.71. The molecule has 0 spiro atoms. The fourth-order valence-corrected chi connectivity index (χ4v) is 2.87. The number of methoxy groups -OCH3 is 1. The Balaban J connectivity index is 0.00000225. The van der Waals surface area contributed by atoms with Crippen molar-refractivity contribution in [3.8, 4) is 17.1 Å². The first-order valence-corrected chi connectivity index (χ1v) is 8.31. The van der Waals surface area contributed by atoms with Gasteiger partial charge in [-0.1, -0.05) is 12.8 Å². The van der Waals surface area contributed by atoms with Crippen LogP contribution in [0, 0.1) is 0 Å². The molecule has 0 radical (unpaired) electrons. The lowest BCUT2D eigenvalue weighted by atomic mass is 10.2. The van der Waals surface area contributed by atoms with Gasteiger partial charge < -0.3 is 15.4 Å². The fraction of sp³-hybridized carbons (Fsp3) is 0.471. The third kappa shape index (κ3) is 5.32. The predicted molar refractivity (Wildman–Crippen MR) is 109 cm³/mol. The normalized spacial score (nSPS) is 14.9. The highest BCUT2D eigenvalue weighted by Crippen LogP contribution is 2.19. The van der Waals surface area contributed by atoms with Gasteiger partial charge in [0.05, 0.1) is 13.7 Å². The SMILES string of the molecule is CN=C(NCc1nc(-c2ccc(OC)cc2)n[nH]1)NC1CCCC1.I. The van der Waals surface area contributed by atoms with E-state index in [4.69, 9.17) is 4.74 Å². The number of nitrogens with one attached hydrogen (secondary N) is 3. The van der Waals surface area contributed by atoms with E-state index in [0.717, 1.165) is 23.1 Å². The Bertz CT molecular complexity index is 679. The zero-order chi connectivity index (χ0) is 16.8. The van der Waals surface area contributed by atoms with E-state index in [2.05, 4.69) is 30.8 Å². The summed E-state index contributed by atoms with van der Waals surface area (Å²) >= 11 is 0. The van der Waals surface area contributed by atoms with Crippen molar-refractivity contribution in [2.45, 2.75) is 38.3 Å². The molecular weight excluding hydrogens is 431 g/mol. The van der Waals surface area contributed by atoms with Crippen molar-refractivity contribution < 1.29 is 4.74 Å². The summed E-state index contributed by atoms with van der Waals surface area (Å²) in [5.41, 5.74) is 0.951. The van der Waals surface area contributed by atoms with Gasteiger partial charge in [0.1, 0.15) is 11.6 Å². The van der Waals surface area contributed by atoms with Crippen LogP contribution in [0.5, 0.6) is 5.75 Å². The van der Waals surface area contributed by atoms with Crippen molar-refractivity contribution in [2.75, 3.05) is 14.2 Å². The third-order valence-corrected chi connectivity index (χ3v) is 4.22. The summed E-state index contributed by atoms with van der Waals surface area (Å²) in [5.74, 6) is 3.07. The van der Waals surface area contributed by atoms with Gasteiger partial charge in [-0.2, -0.15) is 5.10 Å². The number of halogens is 1. The van der Waals surface area contributed by atoms with Gasteiger partial charge in [-0.05, 0) is 37.1 Å². The van der Waals surface area contributed by atoms with Crippen LogP contribution in [0.2, 0.25) is 0 Å². The van der Waals surface area contributed by atoms with E-state index < -0.39 is 0 Å². The summed E-state index contributed by atoms with van der Waals surface area (Å²) in [4.78, 5) is 8.79. The molecule has 1 aliphatic carbocycles. The molecule has 1 aliphatic rings. The Morgan fingerprint density at radius 1 is 1.28 bits per heavy atom. The van der Waals surface area contributed by atoms with Gasteiger partial charge in [0, 0.05) is 18.7 Å². The van der Waals surface area contributed by atoms with E-state index in [-0.39, 0.29) is 24.0 Å². The van der Waals surface area contributed by atoms with Crippen molar-refractivity contribution in [2.24, 2.45) is 4.99 Å². The van der Waals surface area contributed by atoms with Crippen molar-refractivity contribution in [1.29, 1.82) is 0 Å². The smallest absolute Gasteiger partial charge is 0.191 e. The van der Waals surface area contributed by atoms with Gasteiger partial charge in [-0.3, -0.25) is 10.1 Å². The standard InChI is InChI=1S/C17H24N6O.HI/c1-18-17(20-13-5-3-4-6-13)19-11-15-21-16(23-22-15)12-7-9-14(24-2)10-8-12;/h7-10,13H,3-6,11H2,1-2H3,(H2,18,19,20)(H,21,22,23);1H. The molecule has 0 bridgehead atoms. The van der Waals surface area contributed by atoms with Crippen molar-refractivity contribution in [3.63, 3.8) is 0 Å². The van der Waals surface area contributed by atoms with E-state index in [1.165, 1.54) is 25.7 Å². The molecule has 0 amide bonds. The van der Waals surface area contributed by atoms with Gasteiger partial charge in [-0.15, -0.1) is 24.0 Å². The number of benzene rings is 1. The summed E-state index contributed by atoms with van der Waals surface area (Å²) < 4.78 is 5.16. The lowest BCUT2D eigenvalue weighted by Crippen LogP contribution is -2.42. The first kappa shape index (κ1) is 19.5. The minimum atomic E-state index is 0. The Hall–Kier alpha value is -1.84. The number of nitrogens with zero attached hydrogens (tertiary/aromatic N) is 3. The minimum absolute atomic E-state index is 0. The number of rotatable bonds is 5. The zero-order valence-electron chi connectivity index (χ0n) is 14.6. The molecule has 0 atom stereocenters. The highest BCUT2D eigenvalue weighted by molar-refractivity contribution is 14.0. The molecule has 1 fully saturated rings. The van der Waals surface area contributed by atoms with Crippen LogP contribution in [0.25, 0.3) is 11.4 Å². The van der Waals surface area contributed by atoms with Gasteiger partial charge in [0.15, 0.2) is 11.8 Å². The molecule has 1 heterocycles. The van der Waals surface area contributed by atoms with E-state index in [0.29, 0.717) is 18.4 Å². The second-order valence-electron chi connectivity index (χ2n) is 5.89. The maximum Gasteiger partial charge on any atom is 0.191 e. The van der Waals surface area contributed by atoms with Gasteiger partial charge in [-0.25, -0.2) is 4.98 Å². The summed E-state index contributed by atoms with van der Waals surface area (Å²) in [6, 6.07) is 8.22. The molecule has 1 aromatic carbocycles. The second-order valence-corrected chi connectivity index (χ2v) is 5.89. The Morgan fingerprint density at radius 2 is 2.00 bits per heavy atom. The zero-order valence-corrected chi connectivity index (χ0v) is 16.9. The number of guanidine groups is 1. The number of H-pyrrole nitrogens is 1. The number of hydrogen-bond donors (Lipinski definition) is 3. The monoisotopic (exact) mass is 456 g/mol. The molecule has 1 aromatic heterocycles. The van der Waals surface area contributed by atoms with Crippen LogP contribution < -0.4 is 15.4 Å². The molecular formula is C17H25IN6O. The van der Waals surface area contributed by atoms with Crippen LogP contribution in [-0.2, 0) is 6.54 Å². The lowest BCUT2D eigenvalue weighted by molar-refractivity contribution is 0.415. The fourth-order valence-electron chi connectivity index (χ4n) is 2.87. The summed E-state index contributed by atoms with van der Waals surface area (Å²) in [7, 11) is 3.44. The molecule has 0 saturated heterocycles. The summed E-state index contributed by atoms with van der Waals surface area (Å²) in [6.45, 7) is 0.551. The largest absolute Gasteiger partial charge is 0.497 e. The van der Waals surface area contributed by atoms with Gasteiger partial charge in [0.25, 0.3) is 0 Å². The van der Waals surface area contributed by atoms with Crippen molar-refractivity contribution in [1.82, 2.24) is 25.8 Å². The van der Waals surface area contributed by atoms with E-state index in [1.54, 1.807) is 14.2 Å². The summed E-state index contributed by atoms with van der Waals surface area (Å²) in [6.07, 6.45) is 5.01. The van der Waals surface area contributed by atoms with Crippen LogP contribution in [0.3, 0.4) is 0 Å². The van der Waals surface area contributed by atoms with Crippen LogP contribution in [0.4, 0.5) is 0 Å². The summed E-state index contributed by atoms with van der Waals surface area (Å²) in [5, 5.41) is 14.0. The number of aliphatic imine (C=N–C) groups is 1. The maximum atomic E-state index is 5.16. The van der Waals surface area contributed by atoms with Gasteiger partial charge in [0.2, 0.25) is 0 Å². The quantitative estimate of drug-likeness (QED) is 0.366. The molecule has 3 rings (SSSR count). The molecule has 0 unspecified atom stereocenters. The number of ether oxygens (including phenoxy) is 1. The van der Waals surface area contributed by atoms with Crippen LogP contribution in [0.1, 0.15) is 31.5 Å². The first-order chi connectivity index (χ1) is 11.8. The number of hydrogen-bond acceptors (Lipinski definition) is 4. The third-order valence-electron chi connectivity index (χ3n) is 4.22. The van der Waals surface area contributed by atoms with Crippen LogP contribution in [0.15, 0.2) is 29.3 Å². The van der Waals surface area contributed by atoms with Crippen molar-refractivity contribution in [3.05, 3.63) is 30.1 Å². The van der Waals surface area contributed by atoms with E-state index >= 15 is 0 Å². The highest BCUT2D eigenvalue weighted by Gasteiger charge is 2.16. The molecule has 7 nitrogen and oxygen atoms in total. The molecule has 3 N–H and O–H groups in total. The van der Waals surface area contributed by atoms with E-state index in [1.807, 2.05) is 24.3 Å².